The number of ether oxygens (including phenoxy) is 1. The summed E-state index contributed by atoms with van der Waals surface area (Å²) in [5.41, 5.74) is 1.79. The number of rotatable bonds is 10. The van der Waals surface area contributed by atoms with Gasteiger partial charge in [0.1, 0.15) is 5.75 Å². The van der Waals surface area contributed by atoms with Crippen LogP contribution >= 0.6 is 0 Å². The molecule has 1 aromatic carbocycles. The number of aryl methyl sites for hydroxylation is 1. The summed E-state index contributed by atoms with van der Waals surface area (Å²) in [5.74, 6) is 1.99. The standard InChI is InChI=1S/C22H33NO3/c1-6-18(7-2)10-8-16(3)9-13-22(24)26-23-17(4)14-19-15-20(25-5)11-12-21(19)23/h11-12,14-16,18H,6-10,13H2,1-5H3. The minimum atomic E-state index is -0.171. The second-order valence-electron chi connectivity index (χ2n) is 7.37. The zero-order valence-corrected chi connectivity index (χ0v) is 16.9. The van der Waals surface area contributed by atoms with Crippen LogP contribution in [0.1, 0.15) is 65.0 Å². The van der Waals surface area contributed by atoms with E-state index >= 15 is 0 Å². The van der Waals surface area contributed by atoms with Gasteiger partial charge in [-0.1, -0.05) is 46.5 Å². The number of hydrogen-bond donors (Lipinski definition) is 0. The minimum absolute atomic E-state index is 0.171. The van der Waals surface area contributed by atoms with E-state index in [-0.39, 0.29) is 5.97 Å². The number of methoxy groups -OCH3 is 1. The molecule has 0 saturated carbocycles. The summed E-state index contributed by atoms with van der Waals surface area (Å²) in [6.07, 6.45) is 6.27. The number of hydrogen-bond acceptors (Lipinski definition) is 3. The molecule has 2 rings (SSSR count). The SMILES string of the molecule is CCC(CC)CCC(C)CCC(=O)On1c(C)cc2cc(OC)ccc21. The van der Waals surface area contributed by atoms with Gasteiger partial charge in [-0.05, 0) is 49.4 Å². The van der Waals surface area contributed by atoms with E-state index in [2.05, 4.69) is 20.8 Å². The van der Waals surface area contributed by atoms with Gasteiger partial charge in [-0.25, -0.2) is 4.79 Å². The summed E-state index contributed by atoms with van der Waals surface area (Å²) in [6, 6.07) is 7.76. The first-order valence-corrected chi connectivity index (χ1v) is 9.85. The van der Waals surface area contributed by atoms with Crippen LogP contribution in [0.5, 0.6) is 5.75 Å². The summed E-state index contributed by atoms with van der Waals surface area (Å²) in [4.78, 5) is 17.9. The fourth-order valence-corrected chi connectivity index (χ4v) is 3.43. The molecule has 1 unspecified atom stereocenters. The Morgan fingerprint density at radius 1 is 1.12 bits per heavy atom. The van der Waals surface area contributed by atoms with Crippen molar-refractivity contribution < 1.29 is 14.4 Å². The third kappa shape index (κ3) is 5.26. The highest BCUT2D eigenvalue weighted by atomic mass is 16.7. The van der Waals surface area contributed by atoms with Crippen molar-refractivity contribution in [3.63, 3.8) is 0 Å². The predicted molar refractivity (Wildman–Crippen MR) is 107 cm³/mol. The molecule has 0 amide bonds. The van der Waals surface area contributed by atoms with Crippen LogP contribution < -0.4 is 9.57 Å². The fraction of sp³-hybridized carbons (Fsp3) is 0.591. The molecule has 0 aliphatic rings. The number of aromatic nitrogens is 1. The molecule has 1 atom stereocenters. The Hall–Kier alpha value is -1.97. The van der Waals surface area contributed by atoms with Crippen LogP contribution in [-0.2, 0) is 4.79 Å². The van der Waals surface area contributed by atoms with Crippen LogP contribution in [0.3, 0.4) is 0 Å². The lowest BCUT2D eigenvalue weighted by Crippen LogP contribution is -2.21. The molecule has 1 heterocycles. The third-order valence-electron chi connectivity index (χ3n) is 5.40. The zero-order valence-electron chi connectivity index (χ0n) is 16.9. The number of nitrogens with zero attached hydrogens (tertiary/aromatic N) is 1. The summed E-state index contributed by atoms with van der Waals surface area (Å²) in [6.45, 7) is 8.70. The van der Waals surface area contributed by atoms with E-state index in [1.807, 2.05) is 31.2 Å². The van der Waals surface area contributed by atoms with Crippen molar-refractivity contribution in [1.82, 2.24) is 4.73 Å². The van der Waals surface area contributed by atoms with Crippen LogP contribution in [0, 0.1) is 18.8 Å². The Morgan fingerprint density at radius 2 is 1.85 bits per heavy atom. The molecule has 26 heavy (non-hydrogen) atoms. The molecule has 0 N–H and O–H groups in total. The van der Waals surface area contributed by atoms with Gasteiger partial charge >= 0.3 is 5.97 Å². The Morgan fingerprint density at radius 3 is 2.50 bits per heavy atom. The highest BCUT2D eigenvalue weighted by molar-refractivity contribution is 5.83. The van der Waals surface area contributed by atoms with Crippen LogP contribution in [0.4, 0.5) is 0 Å². The minimum Gasteiger partial charge on any atom is -0.497 e. The van der Waals surface area contributed by atoms with Crippen molar-refractivity contribution in [2.24, 2.45) is 11.8 Å². The van der Waals surface area contributed by atoms with E-state index in [0.717, 1.165) is 34.7 Å². The quantitative estimate of drug-likeness (QED) is 0.559. The second-order valence-corrected chi connectivity index (χ2v) is 7.37. The van der Waals surface area contributed by atoms with Crippen molar-refractivity contribution in [3.05, 3.63) is 30.0 Å². The Kier molecular flexibility index (Phi) is 7.55. The lowest BCUT2D eigenvalue weighted by molar-refractivity contribution is -0.144. The molecule has 2 aromatic rings. The maximum atomic E-state index is 12.3. The normalized spacial score (nSPS) is 12.5. The summed E-state index contributed by atoms with van der Waals surface area (Å²) in [7, 11) is 1.65. The van der Waals surface area contributed by atoms with Gasteiger partial charge in [0.25, 0.3) is 0 Å². The summed E-state index contributed by atoms with van der Waals surface area (Å²) < 4.78 is 6.89. The number of fused-ring (bicyclic) bond motifs is 1. The molecular weight excluding hydrogens is 326 g/mol. The monoisotopic (exact) mass is 359 g/mol. The van der Waals surface area contributed by atoms with Gasteiger partial charge < -0.3 is 9.57 Å². The van der Waals surface area contributed by atoms with Gasteiger partial charge in [-0.3, -0.25) is 0 Å². The molecule has 0 fully saturated rings. The average Bonchev–Trinajstić information content (AvgIpc) is 2.95. The van der Waals surface area contributed by atoms with Gasteiger partial charge in [-0.15, -0.1) is 0 Å². The molecule has 0 bridgehead atoms. The predicted octanol–water partition coefficient (Wildman–Crippen LogP) is 5.55. The first-order valence-electron chi connectivity index (χ1n) is 9.85. The van der Waals surface area contributed by atoms with Gasteiger partial charge in [0.2, 0.25) is 0 Å². The fourth-order valence-electron chi connectivity index (χ4n) is 3.43. The van der Waals surface area contributed by atoms with E-state index in [4.69, 9.17) is 9.57 Å². The maximum absolute atomic E-state index is 12.3. The summed E-state index contributed by atoms with van der Waals surface area (Å²) >= 11 is 0. The van der Waals surface area contributed by atoms with Gasteiger partial charge in [0.05, 0.1) is 18.3 Å². The van der Waals surface area contributed by atoms with Gasteiger partial charge in [0, 0.05) is 11.8 Å². The van der Waals surface area contributed by atoms with Gasteiger partial charge in [0.15, 0.2) is 0 Å². The first kappa shape index (κ1) is 20.3. The Bertz CT molecular complexity index is 715. The Balaban J connectivity index is 1.90. The van der Waals surface area contributed by atoms with Crippen molar-refractivity contribution in [2.45, 2.75) is 66.2 Å². The molecule has 0 radical (unpaired) electrons. The van der Waals surface area contributed by atoms with Crippen molar-refractivity contribution in [1.29, 1.82) is 0 Å². The molecule has 0 aliphatic carbocycles. The topological polar surface area (TPSA) is 40.5 Å². The number of benzene rings is 1. The number of carbonyl (C=O) groups excluding carboxylic acids is 1. The lowest BCUT2D eigenvalue weighted by Gasteiger charge is -2.16. The van der Waals surface area contributed by atoms with E-state index in [0.29, 0.717) is 12.3 Å². The van der Waals surface area contributed by atoms with Crippen molar-refractivity contribution >= 4 is 16.9 Å². The number of carbonyl (C=O) groups is 1. The lowest BCUT2D eigenvalue weighted by atomic mass is 9.91. The highest BCUT2D eigenvalue weighted by Crippen LogP contribution is 2.24. The third-order valence-corrected chi connectivity index (χ3v) is 5.40. The molecule has 0 spiro atoms. The smallest absolute Gasteiger partial charge is 0.332 e. The van der Waals surface area contributed by atoms with Crippen LogP contribution in [0.25, 0.3) is 10.9 Å². The van der Waals surface area contributed by atoms with Crippen molar-refractivity contribution in [3.8, 4) is 5.75 Å². The van der Waals surface area contributed by atoms with Crippen LogP contribution in [-0.4, -0.2) is 17.8 Å². The van der Waals surface area contributed by atoms with Crippen molar-refractivity contribution in [2.75, 3.05) is 7.11 Å². The first-order chi connectivity index (χ1) is 12.5. The molecule has 4 heteroatoms. The van der Waals surface area contributed by atoms with E-state index < -0.39 is 0 Å². The maximum Gasteiger partial charge on any atom is 0.332 e. The Labute approximate surface area is 157 Å². The summed E-state index contributed by atoms with van der Waals surface area (Å²) in [5, 5.41) is 1.01. The van der Waals surface area contributed by atoms with E-state index in [9.17, 15) is 4.79 Å². The van der Waals surface area contributed by atoms with Gasteiger partial charge in [-0.2, -0.15) is 4.73 Å². The largest absolute Gasteiger partial charge is 0.497 e. The average molecular weight is 360 g/mol. The van der Waals surface area contributed by atoms with E-state index in [1.165, 1.54) is 25.7 Å². The van der Waals surface area contributed by atoms with Crippen LogP contribution in [0.15, 0.2) is 24.3 Å². The molecule has 0 aliphatic heterocycles. The molecule has 1 aromatic heterocycles. The highest BCUT2D eigenvalue weighted by Gasteiger charge is 2.14. The molecule has 144 valence electrons. The zero-order chi connectivity index (χ0) is 19.1. The van der Waals surface area contributed by atoms with Crippen LogP contribution in [0.2, 0.25) is 0 Å². The van der Waals surface area contributed by atoms with E-state index in [1.54, 1.807) is 11.8 Å². The molecular formula is C22H33NO3. The molecule has 4 nitrogen and oxygen atoms in total. The second kappa shape index (κ2) is 9.65. The molecule has 0 saturated heterocycles.